The summed E-state index contributed by atoms with van der Waals surface area (Å²) in [7, 11) is 5.09. The van der Waals surface area contributed by atoms with Crippen LogP contribution in [0.25, 0.3) is 0 Å². The van der Waals surface area contributed by atoms with E-state index in [1.807, 2.05) is 61.3 Å². The molecule has 0 atom stereocenters. The Morgan fingerprint density at radius 1 is 1.10 bits per heavy atom. The molecule has 6 nitrogen and oxygen atoms in total. The van der Waals surface area contributed by atoms with E-state index in [0.717, 1.165) is 16.7 Å². The zero-order chi connectivity index (χ0) is 21.0. The second kappa shape index (κ2) is 9.01. The van der Waals surface area contributed by atoms with E-state index in [2.05, 4.69) is 5.10 Å². The molecule has 29 heavy (non-hydrogen) atoms. The molecule has 0 bridgehead atoms. The summed E-state index contributed by atoms with van der Waals surface area (Å²) in [4.78, 5) is 14.6. The molecular weight excluding hydrogens is 390 g/mol. The molecule has 2 aromatic carbocycles. The van der Waals surface area contributed by atoms with E-state index in [1.165, 1.54) is 4.68 Å². The summed E-state index contributed by atoms with van der Waals surface area (Å²) in [6, 6.07) is 13.5. The van der Waals surface area contributed by atoms with Crippen LogP contribution < -0.4 is 19.9 Å². The molecule has 3 aromatic rings. The van der Waals surface area contributed by atoms with Crippen molar-refractivity contribution >= 4 is 17.3 Å². The number of halogens is 1. The van der Waals surface area contributed by atoms with Crippen molar-refractivity contribution in [3.63, 3.8) is 0 Å². The Kier molecular flexibility index (Phi) is 6.44. The molecule has 0 spiro atoms. The lowest BCUT2D eigenvalue weighted by molar-refractivity contribution is 0.354. The molecule has 7 heteroatoms. The summed E-state index contributed by atoms with van der Waals surface area (Å²) in [5.41, 5.74) is 3.34. The number of hydrogen-bond donors (Lipinski definition) is 0. The minimum Gasteiger partial charge on any atom is -0.493 e. The van der Waals surface area contributed by atoms with Gasteiger partial charge in [0.25, 0.3) is 5.56 Å². The van der Waals surface area contributed by atoms with E-state index < -0.39 is 0 Å². The number of aryl methyl sites for hydroxylation is 1. The standard InChI is InChI=1S/C22H24ClN3O3/c1-15-10-19(28-3)20(29-4)11-17(15)14-25(2)18-12-24-26(22(27)21(18)23)13-16-8-6-5-7-9-16/h5-12H,13-14H2,1-4H3. The van der Waals surface area contributed by atoms with Crippen molar-refractivity contribution in [2.45, 2.75) is 20.0 Å². The molecule has 0 unspecified atom stereocenters. The maximum atomic E-state index is 12.7. The Bertz CT molecular complexity index is 1050. The molecule has 0 amide bonds. The van der Waals surface area contributed by atoms with Gasteiger partial charge >= 0.3 is 0 Å². The van der Waals surface area contributed by atoms with Crippen molar-refractivity contribution in [3.8, 4) is 11.5 Å². The van der Waals surface area contributed by atoms with Gasteiger partial charge in [0.1, 0.15) is 5.02 Å². The number of methoxy groups -OCH3 is 2. The first-order valence-corrected chi connectivity index (χ1v) is 9.54. The van der Waals surface area contributed by atoms with Crippen LogP contribution in [-0.2, 0) is 13.1 Å². The summed E-state index contributed by atoms with van der Waals surface area (Å²) >= 11 is 6.41. The van der Waals surface area contributed by atoms with Gasteiger partial charge < -0.3 is 14.4 Å². The average molecular weight is 414 g/mol. The Hall–Kier alpha value is -2.99. The number of ether oxygens (including phenoxy) is 2. The molecule has 152 valence electrons. The van der Waals surface area contributed by atoms with E-state index in [-0.39, 0.29) is 10.6 Å². The Labute approximate surface area is 175 Å². The minimum atomic E-state index is -0.316. The van der Waals surface area contributed by atoms with Crippen molar-refractivity contribution in [1.82, 2.24) is 9.78 Å². The highest BCUT2D eigenvalue weighted by Crippen LogP contribution is 2.31. The van der Waals surface area contributed by atoms with Crippen molar-refractivity contribution in [3.05, 3.63) is 80.7 Å². The van der Waals surface area contributed by atoms with Gasteiger partial charge in [-0.3, -0.25) is 4.79 Å². The first kappa shape index (κ1) is 20.7. The fraction of sp³-hybridized carbons (Fsp3) is 0.273. The second-order valence-electron chi connectivity index (χ2n) is 6.78. The van der Waals surface area contributed by atoms with Crippen LogP contribution in [0.3, 0.4) is 0 Å². The van der Waals surface area contributed by atoms with Gasteiger partial charge in [-0.1, -0.05) is 41.9 Å². The predicted octanol–water partition coefficient (Wildman–Crippen LogP) is 3.91. The van der Waals surface area contributed by atoms with Crippen molar-refractivity contribution in [2.24, 2.45) is 0 Å². The van der Waals surface area contributed by atoms with E-state index >= 15 is 0 Å². The monoisotopic (exact) mass is 413 g/mol. The SMILES string of the molecule is COc1cc(C)c(CN(C)c2cnn(Cc3ccccc3)c(=O)c2Cl)cc1OC. The van der Waals surface area contributed by atoms with Crippen LogP contribution in [0.4, 0.5) is 5.69 Å². The van der Waals surface area contributed by atoms with Gasteiger partial charge in [-0.2, -0.15) is 5.10 Å². The lowest BCUT2D eigenvalue weighted by atomic mass is 10.1. The third-order valence-electron chi connectivity index (χ3n) is 4.80. The lowest BCUT2D eigenvalue weighted by Gasteiger charge is -2.22. The molecule has 0 fully saturated rings. The van der Waals surface area contributed by atoms with E-state index in [4.69, 9.17) is 21.1 Å². The molecule has 0 saturated heterocycles. The smallest absolute Gasteiger partial charge is 0.287 e. The van der Waals surface area contributed by atoms with E-state index in [0.29, 0.717) is 30.3 Å². The van der Waals surface area contributed by atoms with Gasteiger partial charge in [-0.15, -0.1) is 0 Å². The topological polar surface area (TPSA) is 56.6 Å². The predicted molar refractivity (Wildman–Crippen MR) is 115 cm³/mol. The molecule has 3 rings (SSSR count). The van der Waals surface area contributed by atoms with E-state index in [9.17, 15) is 4.79 Å². The Balaban J connectivity index is 1.86. The summed E-state index contributed by atoms with van der Waals surface area (Å²) in [5.74, 6) is 1.34. The van der Waals surface area contributed by atoms with Gasteiger partial charge in [0.15, 0.2) is 11.5 Å². The maximum absolute atomic E-state index is 12.7. The van der Waals surface area contributed by atoms with Crippen LogP contribution in [0.15, 0.2) is 53.5 Å². The first-order valence-electron chi connectivity index (χ1n) is 9.16. The quantitative estimate of drug-likeness (QED) is 0.587. The summed E-state index contributed by atoms with van der Waals surface area (Å²) in [5, 5.41) is 4.46. The summed E-state index contributed by atoms with van der Waals surface area (Å²) in [6.07, 6.45) is 1.63. The highest BCUT2D eigenvalue weighted by molar-refractivity contribution is 6.33. The molecule has 0 radical (unpaired) electrons. The number of nitrogens with zero attached hydrogens (tertiary/aromatic N) is 3. The number of aromatic nitrogens is 2. The zero-order valence-electron chi connectivity index (χ0n) is 17.0. The third-order valence-corrected chi connectivity index (χ3v) is 5.16. The molecule has 1 aromatic heterocycles. The second-order valence-corrected chi connectivity index (χ2v) is 7.16. The normalized spacial score (nSPS) is 10.7. The summed E-state index contributed by atoms with van der Waals surface area (Å²) < 4.78 is 12.1. The molecule has 0 saturated carbocycles. The average Bonchev–Trinajstić information content (AvgIpc) is 2.73. The molecule has 1 heterocycles. The molecule has 0 aliphatic heterocycles. The van der Waals surface area contributed by atoms with Crippen LogP contribution in [0.5, 0.6) is 11.5 Å². The highest BCUT2D eigenvalue weighted by Gasteiger charge is 2.16. The highest BCUT2D eigenvalue weighted by atomic mass is 35.5. The van der Waals surface area contributed by atoms with Crippen molar-refractivity contribution in [2.75, 3.05) is 26.2 Å². The molecule has 0 aliphatic rings. The Morgan fingerprint density at radius 3 is 2.41 bits per heavy atom. The first-order chi connectivity index (χ1) is 13.9. The van der Waals surface area contributed by atoms with Gasteiger partial charge in [0, 0.05) is 13.6 Å². The van der Waals surface area contributed by atoms with Crippen LogP contribution in [0, 0.1) is 6.92 Å². The fourth-order valence-corrected chi connectivity index (χ4v) is 3.42. The number of hydrogen-bond acceptors (Lipinski definition) is 5. The third kappa shape index (κ3) is 4.54. The van der Waals surface area contributed by atoms with Crippen molar-refractivity contribution < 1.29 is 9.47 Å². The van der Waals surface area contributed by atoms with Gasteiger partial charge in [-0.05, 0) is 35.7 Å². The van der Waals surface area contributed by atoms with E-state index in [1.54, 1.807) is 20.4 Å². The number of rotatable bonds is 7. The van der Waals surface area contributed by atoms with Gasteiger partial charge in [-0.25, -0.2) is 4.68 Å². The largest absolute Gasteiger partial charge is 0.493 e. The molecule has 0 N–H and O–H groups in total. The fourth-order valence-electron chi connectivity index (χ4n) is 3.13. The molecule has 0 aliphatic carbocycles. The van der Waals surface area contributed by atoms with Crippen LogP contribution in [-0.4, -0.2) is 31.0 Å². The Morgan fingerprint density at radius 2 is 1.76 bits per heavy atom. The molecular formula is C22H24ClN3O3. The summed E-state index contributed by atoms with van der Waals surface area (Å²) in [6.45, 7) is 2.91. The van der Waals surface area contributed by atoms with Gasteiger partial charge in [0.05, 0.1) is 32.6 Å². The van der Waals surface area contributed by atoms with Crippen LogP contribution in [0.1, 0.15) is 16.7 Å². The number of anilines is 1. The minimum absolute atomic E-state index is 0.150. The lowest BCUT2D eigenvalue weighted by Crippen LogP contribution is -2.27. The number of benzene rings is 2. The van der Waals surface area contributed by atoms with Gasteiger partial charge in [0.2, 0.25) is 0 Å². The van der Waals surface area contributed by atoms with Crippen molar-refractivity contribution in [1.29, 1.82) is 0 Å². The van der Waals surface area contributed by atoms with Crippen LogP contribution >= 0.6 is 11.6 Å². The zero-order valence-corrected chi connectivity index (χ0v) is 17.7. The van der Waals surface area contributed by atoms with Crippen LogP contribution in [0.2, 0.25) is 5.02 Å². The maximum Gasteiger partial charge on any atom is 0.287 e.